The van der Waals surface area contributed by atoms with Crippen molar-refractivity contribution in [2.75, 3.05) is 25.2 Å². The highest BCUT2D eigenvalue weighted by molar-refractivity contribution is 5.48. The second-order valence-electron chi connectivity index (χ2n) is 4.72. The van der Waals surface area contributed by atoms with Crippen LogP contribution in [0.25, 0.3) is 0 Å². The molecule has 0 unspecified atom stereocenters. The fourth-order valence-corrected chi connectivity index (χ4v) is 2.27. The van der Waals surface area contributed by atoms with Gasteiger partial charge in [0.2, 0.25) is 0 Å². The quantitative estimate of drug-likeness (QED) is 0.873. The highest BCUT2D eigenvalue weighted by Crippen LogP contribution is 2.23. The van der Waals surface area contributed by atoms with Gasteiger partial charge in [-0.05, 0) is 37.5 Å². The highest BCUT2D eigenvalue weighted by Gasteiger charge is 2.18. The third-order valence-corrected chi connectivity index (χ3v) is 3.52. The van der Waals surface area contributed by atoms with Crippen LogP contribution in [0.1, 0.15) is 31.4 Å². The maximum Gasteiger partial charge on any atom is 0.0761 e. The van der Waals surface area contributed by atoms with E-state index in [9.17, 15) is 5.11 Å². The lowest BCUT2D eigenvalue weighted by Gasteiger charge is -2.33. The Hall–Kier alpha value is -1.06. The molecule has 94 valence electrons. The largest absolute Gasteiger partial charge is 0.389 e. The Labute approximate surface area is 103 Å². The number of rotatable bonds is 3. The predicted octanol–water partition coefficient (Wildman–Crippen LogP) is 2.36. The Morgan fingerprint density at radius 3 is 2.35 bits per heavy atom. The molecule has 3 nitrogen and oxygen atoms in total. The van der Waals surface area contributed by atoms with Crippen molar-refractivity contribution < 1.29 is 9.84 Å². The third-order valence-electron chi connectivity index (χ3n) is 3.52. The minimum Gasteiger partial charge on any atom is -0.389 e. The van der Waals surface area contributed by atoms with E-state index in [1.807, 2.05) is 12.1 Å². The average molecular weight is 235 g/mol. The molecule has 1 atom stereocenters. The molecule has 1 heterocycles. The molecule has 0 saturated carbocycles. The molecule has 17 heavy (non-hydrogen) atoms. The normalized spacial score (nSPS) is 19.0. The van der Waals surface area contributed by atoms with Crippen LogP contribution >= 0.6 is 0 Å². The summed E-state index contributed by atoms with van der Waals surface area (Å²) in [6, 6.07) is 8.72. The minimum atomic E-state index is -0.391. The molecule has 0 radical (unpaired) electrons. The van der Waals surface area contributed by atoms with Crippen LogP contribution in [-0.2, 0) is 4.74 Å². The zero-order valence-electron chi connectivity index (χ0n) is 10.6. The SMILES string of the molecule is C[C@@H](O)c1ccc(N(C)C2CCOCC2)cc1. The van der Waals surface area contributed by atoms with Gasteiger partial charge in [0.1, 0.15) is 0 Å². The molecule has 1 aliphatic heterocycles. The van der Waals surface area contributed by atoms with Crippen LogP contribution in [0.4, 0.5) is 5.69 Å². The Bertz CT molecular complexity index is 342. The molecule has 0 amide bonds. The molecular weight excluding hydrogens is 214 g/mol. The lowest BCUT2D eigenvalue weighted by atomic mass is 10.1. The first kappa shape index (κ1) is 12.4. The van der Waals surface area contributed by atoms with E-state index >= 15 is 0 Å². The summed E-state index contributed by atoms with van der Waals surface area (Å²) in [7, 11) is 2.13. The monoisotopic (exact) mass is 235 g/mol. The number of ether oxygens (including phenoxy) is 1. The van der Waals surface area contributed by atoms with E-state index in [1.54, 1.807) is 6.92 Å². The minimum absolute atomic E-state index is 0.391. The van der Waals surface area contributed by atoms with Gasteiger partial charge in [0, 0.05) is 32.0 Å². The summed E-state index contributed by atoms with van der Waals surface area (Å²) in [4.78, 5) is 2.31. The Morgan fingerprint density at radius 2 is 1.82 bits per heavy atom. The van der Waals surface area contributed by atoms with Crippen molar-refractivity contribution in [3.8, 4) is 0 Å². The van der Waals surface area contributed by atoms with E-state index in [0.717, 1.165) is 31.6 Å². The smallest absolute Gasteiger partial charge is 0.0761 e. The summed E-state index contributed by atoms with van der Waals surface area (Å²) in [6.45, 7) is 3.51. The molecule has 2 rings (SSSR count). The van der Waals surface area contributed by atoms with Gasteiger partial charge in [-0.2, -0.15) is 0 Å². The fourth-order valence-electron chi connectivity index (χ4n) is 2.27. The van der Waals surface area contributed by atoms with Crippen molar-refractivity contribution in [1.29, 1.82) is 0 Å². The maximum atomic E-state index is 9.47. The van der Waals surface area contributed by atoms with Crippen molar-refractivity contribution in [1.82, 2.24) is 0 Å². The van der Waals surface area contributed by atoms with Gasteiger partial charge in [0.05, 0.1) is 6.10 Å². The van der Waals surface area contributed by atoms with Crippen LogP contribution in [0.2, 0.25) is 0 Å². The third kappa shape index (κ3) is 2.99. The molecule has 1 aliphatic rings. The summed E-state index contributed by atoms with van der Waals surface area (Å²) in [6.07, 6.45) is 1.79. The van der Waals surface area contributed by atoms with Gasteiger partial charge in [0.15, 0.2) is 0 Å². The molecule has 1 N–H and O–H groups in total. The predicted molar refractivity (Wildman–Crippen MR) is 69.3 cm³/mol. The molecule has 1 saturated heterocycles. The van der Waals surface area contributed by atoms with Crippen molar-refractivity contribution in [2.45, 2.75) is 31.9 Å². The second kappa shape index (κ2) is 5.52. The first-order chi connectivity index (χ1) is 8.18. The number of aliphatic hydroxyl groups is 1. The van der Waals surface area contributed by atoms with Gasteiger partial charge in [-0.1, -0.05) is 12.1 Å². The van der Waals surface area contributed by atoms with E-state index in [4.69, 9.17) is 4.74 Å². The lowest BCUT2D eigenvalue weighted by Crippen LogP contribution is -2.36. The van der Waals surface area contributed by atoms with E-state index in [-0.39, 0.29) is 0 Å². The number of anilines is 1. The van der Waals surface area contributed by atoms with Crippen molar-refractivity contribution in [3.05, 3.63) is 29.8 Å². The summed E-state index contributed by atoms with van der Waals surface area (Å²) >= 11 is 0. The Balaban J connectivity index is 2.05. The first-order valence-electron chi connectivity index (χ1n) is 6.27. The zero-order valence-corrected chi connectivity index (χ0v) is 10.6. The molecule has 0 aliphatic carbocycles. The summed E-state index contributed by atoms with van der Waals surface area (Å²) in [5.74, 6) is 0. The number of aliphatic hydroxyl groups excluding tert-OH is 1. The molecular formula is C14H21NO2. The van der Waals surface area contributed by atoms with E-state index in [2.05, 4.69) is 24.1 Å². The molecule has 1 aromatic carbocycles. The standard InChI is InChI=1S/C14H21NO2/c1-11(16)12-3-5-13(6-4-12)15(2)14-7-9-17-10-8-14/h3-6,11,14,16H,7-10H2,1-2H3/t11-/m1/s1. The van der Waals surface area contributed by atoms with Gasteiger partial charge in [0.25, 0.3) is 0 Å². The van der Waals surface area contributed by atoms with E-state index in [1.165, 1.54) is 5.69 Å². The van der Waals surface area contributed by atoms with Gasteiger partial charge < -0.3 is 14.7 Å². The Kier molecular flexibility index (Phi) is 4.02. The Morgan fingerprint density at radius 1 is 1.24 bits per heavy atom. The van der Waals surface area contributed by atoms with Crippen molar-refractivity contribution in [2.24, 2.45) is 0 Å². The number of hydrogen-bond acceptors (Lipinski definition) is 3. The van der Waals surface area contributed by atoms with Crippen LogP contribution in [0.3, 0.4) is 0 Å². The molecule has 0 aromatic heterocycles. The van der Waals surface area contributed by atoms with Crippen LogP contribution in [-0.4, -0.2) is 31.4 Å². The van der Waals surface area contributed by atoms with E-state index < -0.39 is 6.10 Å². The number of hydrogen-bond donors (Lipinski definition) is 1. The number of nitrogens with zero attached hydrogens (tertiary/aromatic N) is 1. The van der Waals surface area contributed by atoms with Crippen LogP contribution < -0.4 is 4.90 Å². The molecule has 1 fully saturated rings. The van der Waals surface area contributed by atoms with Gasteiger partial charge >= 0.3 is 0 Å². The zero-order chi connectivity index (χ0) is 12.3. The van der Waals surface area contributed by atoms with E-state index in [0.29, 0.717) is 6.04 Å². The van der Waals surface area contributed by atoms with Crippen LogP contribution in [0.15, 0.2) is 24.3 Å². The van der Waals surface area contributed by atoms with Gasteiger partial charge in [-0.15, -0.1) is 0 Å². The van der Waals surface area contributed by atoms with Crippen molar-refractivity contribution >= 4 is 5.69 Å². The molecule has 1 aromatic rings. The maximum absolute atomic E-state index is 9.47. The fraction of sp³-hybridized carbons (Fsp3) is 0.571. The average Bonchev–Trinajstić information content (AvgIpc) is 2.39. The van der Waals surface area contributed by atoms with Crippen molar-refractivity contribution in [3.63, 3.8) is 0 Å². The highest BCUT2D eigenvalue weighted by atomic mass is 16.5. The topological polar surface area (TPSA) is 32.7 Å². The van der Waals surface area contributed by atoms with Crippen LogP contribution in [0, 0.1) is 0 Å². The summed E-state index contributed by atoms with van der Waals surface area (Å²) in [5, 5.41) is 9.47. The first-order valence-corrected chi connectivity index (χ1v) is 6.27. The molecule has 0 bridgehead atoms. The molecule has 3 heteroatoms. The van der Waals surface area contributed by atoms with Gasteiger partial charge in [-0.3, -0.25) is 0 Å². The number of benzene rings is 1. The summed E-state index contributed by atoms with van der Waals surface area (Å²) < 4.78 is 5.38. The van der Waals surface area contributed by atoms with Gasteiger partial charge in [-0.25, -0.2) is 0 Å². The van der Waals surface area contributed by atoms with Crippen LogP contribution in [0.5, 0.6) is 0 Å². The molecule has 0 spiro atoms. The summed E-state index contributed by atoms with van der Waals surface area (Å²) in [5.41, 5.74) is 2.18. The lowest BCUT2D eigenvalue weighted by molar-refractivity contribution is 0.0855. The second-order valence-corrected chi connectivity index (χ2v) is 4.72.